The van der Waals surface area contributed by atoms with Crippen LogP contribution in [-0.2, 0) is 7.05 Å². The normalized spacial score (nSPS) is 12.0. The van der Waals surface area contributed by atoms with Gasteiger partial charge in [-0.05, 0) is 18.2 Å². The van der Waals surface area contributed by atoms with Gasteiger partial charge in [-0.15, -0.1) is 0 Å². The molecule has 1 aliphatic rings. The Morgan fingerprint density at radius 3 is 2.90 bits per heavy atom. The summed E-state index contributed by atoms with van der Waals surface area (Å²) in [6, 6.07) is 6.96. The first kappa shape index (κ1) is 13.0. The average molecular weight is 285 g/mol. The lowest BCUT2D eigenvalue weighted by Gasteiger charge is -2.10. The zero-order valence-electron chi connectivity index (χ0n) is 11.1. The predicted octanol–water partition coefficient (Wildman–Crippen LogP) is 0.333. The van der Waals surface area contributed by atoms with Gasteiger partial charge in [0.25, 0.3) is 5.56 Å². The third-order valence-electron chi connectivity index (χ3n) is 3.18. The highest BCUT2D eigenvalue weighted by atomic mass is 16.7. The number of hydrogen-bond acceptors (Lipinski definition) is 7. The topological polar surface area (TPSA) is 115 Å². The minimum Gasteiger partial charge on any atom is -0.454 e. The molecule has 8 heteroatoms. The van der Waals surface area contributed by atoms with Crippen LogP contribution in [0.2, 0.25) is 0 Å². The number of aromatic nitrogens is 2. The molecule has 1 aliphatic heterocycles. The van der Waals surface area contributed by atoms with Gasteiger partial charge in [-0.25, -0.2) is 10.8 Å². The molecule has 106 valence electrons. The first-order valence-corrected chi connectivity index (χ1v) is 6.03. The van der Waals surface area contributed by atoms with E-state index in [1.165, 1.54) is 11.6 Å². The number of nitrogens with two attached hydrogens (primary N) is 1. The third-order valence-corrected chi connectivity index (χ3v) is 3.18. The van der Waals surface area contributed by atoms with Crippen molar-refractivity contribution in [3.63, 3.8) is 0 Å². The van der Waals surface area contributed by atoms with Crippen molar-refractivity contribution in [3.05, 3.63) is 34.1 Å². The quantitative estimate of drug-likeness (QED) is 0.603. The molecule has 1 aromatic heterocycles. The number of hydrogen-bond donors (Lipinski definition) is 2. The van der Waals surface area contributed by atoms with Crippen molar-refractivity contribution in [2.75, 3.05) is 12.2 Å². The molecule has 0 fully saturated rings. The second-order valence-electron chi connectivity index (χ2n) is 4.35. The van der Waals surface area contributed by atoms with Crippen molar-refractivity contribution < 1.29 is 9.47 Å². The summed E-state index contributed by atoms with van der Waals surface area (Å²) in [6.45, 7) is 0.142. The molecule has 8 nitrogen and oxygen atoms in total. The number of hydrazine groups is 1. The van der Waals surface area contributed by atoms with Gasteiger partial charge < -0.3 is 9.47 Å². The molecular formula is C13H11N5O3. The summed E-state index contributed by atoms with van der Waals surface area (Å²) in [5.41, 5.74) is 2.61. The predicted molar refractivity (Wildman–Crippen MR) is 73.6 cm³/mol. The molecular weight excluding hydrogens is 274 g/mol. The van der Waals surface area contributed by atoms with Gasteiger partial charge >= 0.3 is 0 Å². The Kier molecular flexibility index (Phi) is 2.97. The monoisotopic (exact) mass is 285 g/mol. The number of nitrogen functional groups attached to an aromatic ring is 1. The van der Waals surface area contributed by atoms with Gasteiger partial charge in [0.15, 0.2) is 11.5 Å². The summed E-state index contributed by atoms with van der Waals surface area (Å²) >= 11 is 0. The molecule has 0 radical (unpaired) electrons. The molecule has 3 N–H and O–H groups in total. The maximum atomic E-state index is 12.2. The lowest BCUT2D eigenvalue weighted by Crippen LogP contribution is -2.27. The van der Waals surface area contributed by atoms with Gasteiger partial charge in [-0.1, -0.05) is 0 Å². The van der Waals surface area contributed by atoms with E-state index in [4.69, 9.17) is 15.3 Å². The second kappa shape index (κ2) is 4.81. The molecule has 0 unspecified atom stereocenters. The fourth-order valence-corrected chi connectivity index (χ4v) is 2.08. The third kappa shape index (κ3) is 1.96. The lowest BCUT2D eigenvalue weighted by atomic mass is 10.1. The summed E-state index contributed by atoms with van der Waals surface area (Å²) in [5, 5.41) is 9.23. The van der Waals surface area contributed by atoms with Crippen molar-refractivity contribution in [1.82, 2.24) is 9.55 Å². The molecule has 0 aliphatic carbocycles. The summed E-state index contributed by atoms with van der Waals surface area (Å²) in [6.07, 6.45) is 0. The maximum absolute atomic E-state index is 12.2. The minimum absolute atomic E-state index is 0.0598. The molecule has 0 amide bonds. The highest BCUT2D eigenvalue weighted by Crippen LogP contribution is 2.35. The van der Waals surface area contributed by atoms with Gasteiger partial charge in [0, 0.05) is 12.6 Å². The van der Waals surface area contributed by atoms with Crippen LogP contribution in [0.15, 0.2) is 23.0 Å². The van der Waals surface area contributed by atoms with Gasteiger partial charge in [-0.3, -0.25) is 14.8 Å². The van der Waals surface area contributed by atoms with Crippen molar-refractivity contribution in [2.45, 2.75) is 0 Å². The molecule has 0 saturated carbocycles. The van der Waals surface area contributed by atoms with E-state index in [-0.39, 0.29) is 24.0 Å². The van der Waals surface area contributed by atoms with Crippen LogP contribution in [0.1, 0.15) is 5.56 Å². The van der Waals surface area contributed by atoms with Gasteiger partial charge in [0.1, 0.15) is 11.6 Å². The minimum atomic E-state index is -0.479. The van der Waals surface area contributed by atoms with Crippen molar-refractivity contribution >= 4 is 5.95 Å². The van der Waals surface area contributed by atoms with E-state index >= 15 is 0 Å². The first-order chi connectivity index (χ1) is 10.2. The van der Waals surface area contributed by atoms with Gasteiger partial charge in [0.05, 0.1) is 5.69 Å². The summed E-state index contributed by atoms with van der Waals surface area (Å²) in [7, 11) is 1.48. The lowest BCUT2D eigenvalue weighted by molar-refractivity contribution is 0.174. The fourth-order valence-electron chi connectivity index (χ4n) is 2.08. The largest absolute Gasteiger partial charge is 0.454 e. The van der Waals surface area contributed by atoms with E-state index in [2.05, 4.69) is 10.4 Å². The Hall–Kier alpha value is -3.05. The van der Waals surface area contributed by atoms with E-state index in [0.29, 0.717) is 17.1 Å². The van der Waals surface area contributed by atoms with E-state index < -0.39 is 5.56 Å². The number of fused-ring (bicyclic) bond motifs is 1. The van der Waals surface area contributed by atoms with Crippen LogP contribution in [0.5, 0.6) is 11.5 Å². The maximum Gasteiger partial charge on any atom is 0.273 e. The molecule has 0 atom stereocenters. The molecule has 2 heterocycles. The molecule has 0 saturated heterocycles. The van der Waals surface area contributed by atoms with Crippen LogP contribution >= 0.6 is 0 Å². The van der Waals surface area contributed by atoms with E-state index in [0.717, 1.165) is 0 Å². The number of nitrogens with zero attached hydrogens (tertiary/aromatic N) is 3. The van der Waals surface area contributed by atoms with Crippen LogP contribution in [0, 0.1) is 11.3 Å². The van der Waals surface area contributed by atoms with Crippen molar-refractivity contribution in [2.24, 2.45) is 12.9 Å². The molecule has 1 aromatic carbocycles. The van der Waals surface area contributed by atoms with Crippen LogP contribution in [-0.4, -0.2) is 16.3 Å². The molecule has 3 rings (SSSR count). The SMILES string of the molecule is Cn1c(NN)nc(-c2ccc3c(c2)OCO3)c(C#N)c1=O. The Morgan fingerprint density at radius 1 is 1.43 bits per heavy atom. The molecule has 21 heavy (non-hydrogen) atoms. The van der Waals surface area contributed by atoms with Crippen LogP contribution in [0.4, 0.5) is 5.95 Å². The van der Waals surface area contributed by atoms with Crippen LogP contribution in [0.3, 0.4) is 0 Å². The molecule has 2 aromatic rings. The number of rotatable bonds is 2. The highest BCUT2D eigenvalue weighted by Gasteiger charge is 2.19. The zero-order valence-corrected chi connectivity index (χ0v) is 11.1. The number of nitriles is 1. The number of nitrogens with one attached hydrogen (secondary N) is 1. The standard InChI is InChI=1S/C13H11N5O3/c1-18-12(19)8(5-14)11(16-13(18)17-15)7-2-3-9-10(4-7)21-6-20-9/h2-4H,6,15H2,1H3,(H,16,17). The average Bonchev–Trinajstić information content (AvgIpc) is 2.97. The summed E-state index contributed by atoms with van der Waals surface area (Å²) < 4.78 is 11.7. The molecule has 0 spiro atoms. The number of ether oxygens (including phenoxy) is 2. The highest BCUT2D eigenvalue weighted by molar-refractivity contribution is 5.70. The van der Waals surface area contributed by atoms with Crippen molar-refractivity contribution in [1.29, 1.82) is 5.26 Å². The van der Waals surface area contributed by atoms with Crippen LogP contribution < -0.4 is 26.3 Å². The van der Waals surface area contributed by atoms with Gasteiger partial charge in [0.2, 0.25) is 12.7 Å². The second-order valence-corrected chi connectivity index (χ2v) is 4.35. The first-order valence-electron chi connectivity index (χ1n) is 6.03. The zero-order chi connectivity index (χ0) is 15.0. The summed E-state index contributed by atoms with van der Waals surface area (Å²) in [5.74, 6) is 6.66. The Balaban J connectivity index is 2.25. The van der Waals surface area contributed by atoms with Crippen LogP contribution in [0.25, 0.3) is 11.3 Å². The Bertz CT molecular complexity index is 822. The van der Waals surface area contributed by atoms with Gasteiger partial charge in [-0.2, -0.15) is 5.26 Å². The van der Waals surface area contributed by atoms with E-state index in [1.807, 2.05) is 6.07 Å². The van der Waals surface area contributed by atoms with E-state index in [1.54, 1.807) is 18.2 Å². The smallest absolute Gasteiger partial charge is 0.273 e. The Morgan fingerprint density at radius 2 is 2.19 bits per heavy atom. The van der Waals surface area contributed by atoms with Crippen molar-refractivity contribution in [3.8, 4) is 28.8 Å². The Labute approximate surface area is 119 Å². The number of benzene rings is 1. The molecule has 0 bridgehead atoms. The number of anilines is 1. The fraction of sp³-hybridized carbons (Fsp3) is 0.154. The van der Waals surface area contributed by atoms with E-state index in [9.17, 15) is 10.1 Å². The summed E-state index contributed by atoms with van der Waals surface area (Å²) in [4.78, 5) is 16.4.